The third-order valence-corrected chi connectivity index (χ3v) is 6.15. The van der Waals surface area contributed by atoms with E-state index in [9.17, 15) is 23.5 Å². The Morgan fingerprint density at radius 3 is 2.15 bits per heavy atom. The normalized spacial score (nSPS) is 11.9. The van der Waals surface area contributed by atoms with Gasteiger partial charge >= 0.3 is 12.6 Å². The van der Waals surface area contributed by atoms with Gasteiger partial charge in [0.05, 0.1) is 6.04 Å². The van der Waals surface area contributed by atoms with Gasteiger partial charge in [0.15, 0.2) is 0 Å². The molecule has 0 aliphatic carbocycles. The van der Waals surface area contributed by atoms with Gasteiger partial charge in [-0.1, -0.05) is 61.4 Å². The van der Waals surface area contributed by atoms with Crippen LogP contribution in [0, 0.1) is 19.8 Å². The van der Waals surface area contributed by atoms with E-state index >= 15 is 0 Å². The zero-order valence-corrected chi connectivity index (χ0v) is 22.7. The number of rotatable bonds is 13. The summed E-state index contributed by atoms with van der Waals surface area (Å²) < 4.78 is 35.0. The standard InChI is InChI=1S/C31H35F2NO5/c1-19(2)13-28(24-15-20(3)14-21(4)16-24)34-30(37)27-17-26(11-7-23(27)8-12-29(35)36)38-18-22-5-9-25(10-6-22)39-31(32)33/h5-7,9-11,14-17,19,28,31H,8,12-13,18H2,1-4H3,(H,34,37)(H,35,36). The Labute approximate surface area is 228 Å². The van der Waals surface area contributed by atoms with Gasteiger partial charge < -0.3 is 19.9 Å². The topological polar surface area (TPSA) is 84.9 Å². The van der Waals surface area contributed by atoms with Crippen LogP contribution in [0.5, 0.6) is 11.5 Å². The first-order valence-corrected chi connectivity index (χ1v) is 12.9. The van der Waals surface area contributed by atoms with Crippen molar-refractivity contribution in [2.45, 2.75) is 66.2 Å². The molecule has 0 heterocycles. The molecule has 1 amide bonds. The third kappa shape index (κ3) is 9.39. The summed E-state index contributed by atoms with van der Waals surface area (Å²) in [6.07, 6.45) is 0.822. The number of carboxylic acids is 1. The molecule has 0 saturated heterocycles. The van der Waals surface area contributed by atoms with Crippen LogP contribution in [0.15, 0.2) is 60.7 Å². The number of carbonyl (C=O) groups excluding carboxylic acids is 1. The maximum Gasteiger partial charge on any atom is 0.387 e. The van der Waals surface area contributed by atoms with Crippen LogP contribution in [0.4, 0.5) is 8.78 Å². The summed E-state index contributed by atoms with van der Waals surface area (Å²) in [5.74, 6) is -0.447. The Hall–Kier alpha value is -3.94. The van der Waals surface area contributed by atoms with E-state index in [1.54, 1.807) is 30.3 Å². The van der Waals surface area contributed by atoms with Crippen LogP contribution in [0.3, 0.4) is 0 Å². The van der Waals surface area contributed by atoms with Crippen molar-refractivity contribution < 1.29 is 33.0 Å². The number of alkyl halides is 2. The lowest BCUT2D eigenvalue weighted by molar-refractivity contribution is -0.136. The van der Waals surface area contributed by atoms with Crippen LogP contribution in [-0.4, -0.2) is 23.6 Å². The summed E-state index contributed by atoms with van der Waals surface area (Å²) in [5.41, 5.74) is 4.93. The number of carboxylic acid groups (broad SMARTS) is 1. The van der Waals surface area contributed by atoms with Crippen molar-refractivity contribution in [3.63, 3.8) is 0 Å². The number of benzene rings is 3. The summed E-state index contributed by atoms with van der Waals surface area (Å²) in [6, 6.07) is 17.1. The fraction of sp³-hybridized carbons (Fsp3) is 0.355. The van der Waals surface area contributed by atoms with E-state index in [-0.39, 0.29) is 37.1 Å². The molecule has 1 unspecified atom stereocenters. The van der Waals surface area contributed by atoms with Gasteiger partial charge in [-0.15, -0.1) is 0 Å². The van der Waals surface area contributed by atoms with Crippen molar-refractivity contribution >= 4 is 11.9 Å². The number of hydrogen-bond donors (Lipinski definition) is 2. The van der Waals surface area contributed by atoms with Crippen LogP contribution in [0.2, 0.25) is 0 Å². The highest BCUT2D eigenvalue weighted by Crippen LogP contribution is 2.26. The van der Waals surface area contributed by atoms with Gasteiger partial charge in [0.2, 0.25) is 0 Å². The zero-order chi connectivity index (χ0) is 28.5. The van der Waals surface area contributed by atoms with E-state index in [2.05, 4.69) is 42.1 Å². The lowest BCUT2D eigenvalue weighted by atomic mass is 9.93. The fourth-order valence-electron chi connectivity index (χ4n) is 4.45. The molecule has 8 heteroatoms. The Kier molecular flexibility index (Phi) is 10.4. The van der Waals surface area contributed by atoms with E-state index in [1.165, 1.54) is 12.1 Å². The molecule has 0 aromatic heterocycles. The van der Waals surface area contributed by atoms with Gasteiger partial charge in [0, 0.05) is 12.0 Å². The Morgan fingerprint density at radius 2 is 1.56 bits per heavy atom. The van der Waals surface area contributed by atoms with Crippen molar-refractivity contribution in [2.24, 2.45) is 5.92 Å². The molecule has 3 rings (SSSR count). The first-order valence-electron chi connectivity index (χ1n) is 12.9. The van der Waals surface area contributed by atoms with E-state index in [0.717, 1.165) is 28.7 Å². The molecule has 0 spiro atoms. The van der Waals surface area contributed by atoms with Gasteiger partial charge in [-0.3, -0.25) is 9.59 Å². The molecular formula is C31H35F2NO5. The number of nitrogens with one attached hydrogen (secondary N) is 1. The minimum Gasteiger partial charge on any atom is -0.489 e. The van der Waals surface area contributed by atoms with E-state index in [1.807, 2.05) is 13.8 Å². The monoisotopic (exact) mass is 539 g/mol. The maximum atomic E-state index is 13.6. The molecular weight excluding hydrogens is 504 g/mol. The molecule has 0 aliphatic heterocycles. The van der Waals surface area contributed by atoms with Crippen LogP contribution in [0.25, 0.3) is 0 Å². The molecule has 6 nitrogen and oxygen atoms in total. The molecule has 0 fully saturated rings. The lowest BCUT2D eigenvalue weighted by Crippen LogP contribution is -2.30. The van der Waals surface area contributed by atoms with Crippen LogP contribution >= 0.6 is 0 Å². The molecule has 0 saturated carbocycles. The second-order valence-corrected chi connectivity index (χ2v) is 10.1. The molecule has 2 N–H and O–H groups in total. The maximum absolute atomic E-state index is 13.6. The summed E-state index contributed by atoms with van der Waals surface area (Å²) in [7, 11) is 0. The second kappa shape index (κ2) is 13.7. The largest absolute Gasteiger partial charge is 0.489 e. The molecule has 1 atom stereocenters. The number of hydrogen-bond acceptors (Lipinski definition) is 4. The van der Waals surface area contributed by atoms with E-state index < -0.39 is 12.6 Å². The number of aryl methyl sites for hydroxylation is 3. The average molecular weight is 540 g/mol. The third-order valence-electron chi connectivity index (χ3n) is 6.15. The van der Waals surface area contributed by atoms with Crippen molar-refractivity contribution in [1.82, 2.24) is 5.32 Å². The summed E-state index contributed by atoms with van der Waals surface area (Å²) in [4.78, 5) is 24.8. The van der Waals surface area contributed by atoms with Gasteiger partial charge in [-0.2, -0.15) is 8.78 Å². The van der Waals surface area contributed by atoms with E-state index in [4.69, 9.17) is 4.74 Å². The predicted octanol–water partition coefficient (Wildman–Crippen LogP) is 7.02. The highest BCUT2D eigenvalue weighted by molar-refractivity contribution is 5.96. The Bertz CT molecular complexity index is 1250. The average Bonchev–Trinajstić information content (AvgIpc) is 2.85. The molecule has 0 aliphatic rings. The molecule has 208 valence electrons. The van der Waals surface area contributed by atoms with Crippen LogP contribution in [-0.2, 0) is 17.8 Å². The highest BCUT2D eigenvalue weighted by atomic mass is 19.3. The zero-order valence-electron chi connectivity index (χ0n) is 22.7. The van der Waals surface area contributed by atoms with Crippen molar-refractivity contribution in [1.29, 1.82) is 0 Å². The molecule has 3 aromatic carbocycles. The number of ether oxygens (including phenoxy) is 2. The number of amides is 1. The van der Waals surface area contributed by atoms with Crippen molar-refractivity contribution in [3.8, 4) is 11.5 Å². The lowest BCUT2D eigenvalue weighted by Gasteiger charge is -2.23. The number of aliphatic carboxylic acids is 1. The number of carbonyl (C=O) groups is 2. The smallest absolute Gasteiger partial charge is 0.387 e. The Balaban J connectivity index is 1.83. The molecule has 0 bridgehead atoms. The first-order chi connectivity index (χ1) is 18.5. The van der Waals surface area contributed by atoms with E-state index in [0.29, 0.717) is 22.8 Å². The van der Waals surface area contributed by atoms with Crippen LogP contribution < -0.4 is 14.8 Å². The summed E-state index contributed by atoms with van der Waals surface area (Å²) in [5, 5.41) is 12.4. The fourth-order valence-corrected chi connectivity index (χ4v) is 4.45. The predicted molar refractivity (Wildman–Crippen MR) is 145 cm³/mol. The van der Waals surface area contributed by atoms with Gasteiger partial charge in [-0.25, -0.2) is 0 Å². The first kappa shape index (κ1) is 29.6. The minimum atomic E-state index is -2.90. The summed E-state index contributed by atoms with van der Waals surface area (Å²) >= 11 is 0. The SMILES string of the molecule is Cc1cc(C)cc(C(CC(C)C)NC(=O)c2cc(OCc3ccc(OC(F)F)cc3)ccc2CCC(=O)O)c1. The quantitative estimate of drug-likeness (QED) is 0.244. The van der Waals surface area contributed by atoms with Crippen molar-refractivity contribution in [3.05, 3.63) is 94.0 Å². The Morgan fingerprint density at radius 1 is 0.923 bits per heavy atom. The van der Waals surface area contributed by atoms with Crippen LogP contribution in [0.1, 0.15) is 70.9 Å². The van der Waals surface area contributed by atoms with Gasteiger partial charge in [0.1, 0.15) is 18.1 Å². The highest BCUT2D eigenvalue weighted by Gasteiger charge is 2.21. The molecule has 39 heavy (non-hydrogen) atoms. The molecule has 0 radical (unpaired) electrons. The molecule has 3 aromatic rings. The van der Waals surface area contributed by atoms with Crippen molar-refractivity contribution in [2.75, 3.05) is 0 Å². The number of halogens is 2. The minimum absolute atomic E-state index is 0.0512. The second-order valence-electron chi connectivity index (χ2n) is 10.1. The summed E-state index contributed by atoms with van der Waals surface area (Å²) in [6.45, 7) is 5.49. The van der Waals surface area contributed by atoms with Gasteiger partial charge in [-0.05, 0) is 73.6 Å². The van der Waals surface area contributed by atoms with Gasteiger partial charge in [0.25, 0.3) is 5.91 Å².